The fraction of sp³-hybridized carbons (Fsp3) is 0.200. The lowest BCUT2D eigenvalue weighted by molar-refractivity contribution is -0.267. The molecule has 1 aromatic carbocycles. The second-order valence-corrected chi connectivity index (χ2v) is 4.89. The molecule has 0 bridgehead atoms. The summed E-state index contributed by atoms with van der Waals surface area (Å²) in [7, 11) is 0. The van der Waals surface area contributed by atoms with Crippen molar-refractivity contribution in [2.75, 3.05) is 0 Å². The first-order valence-electron chi connectivity index (χ1n) is 6.38. The number of aliphatic hydroxyl groups is 1. The smallest absolute Gasteiger partial charge is 0.403 e. The van der Waals surface area contributed by atoms with Gasteiger partial charge in [-0.15, -0.1) is 0 Å². The lowest BCUT2D eigenvalue weighted by Gasteiger charge is -2.20. The van der Waals surface area contributed by atoms with Crippen molar-refractivity contribution in [1.29, 1.82) is 0 Å². The van der Waals surface area contributed by atoms with E-state index in [1.165, 1.54) is 24.3 Å². The van der Waals surface area contributed by atoms with E-state index >= 15 is 0 Å². The van der Waals surface area contributed by atoms with E-state index < -0.39 is 41.2 Å². The fourth-order valence-corrected chi connectivity index (χ4v) is 2.14. The summed E-state index contributed by atoms with van der Waals surface area (Å²) in [5.41, 5.74) is -1.24. The van der Waals surface area contributed by atoms with Crippen molar-refractivity contribution < 1.29 is 41.0 Å². The van der Waals surface area contributed by atoms with E-state index in [4.69, 9.17) is 0 Å². The van der Waals surface area contributed by atoms with Gasteiger partial charge in [-0.25, -0.2) is 0 Å². The van der Waals surface area contributed by atoms with Crippen LogP contribution >= 0.6 is 0 Å². The van der Waals surface area contributed by atoms with Crippen LogP contribution in [0.25, 0.3) is 5.76 Å². The van der Waals surface area contributed by atoms with Gasteiger partial charge in [0.25, 0.3) is 0 Å². The van der Waals surface area contributed by atoms with Gasteiger partial charge in [0.05, 0.1) is 5.57 Å². The number of benzene rings is 1. The number of carbonyl (C=O) groups is 2. The highest BCUT2D eigenvalue weighted by Gasteiger charge is 2.55. The summed E-state index contributed by atoms with van der Waals surface area (Å²) in [6.07, 6.45) is -11.4. The van der Waals surface area contributed by atoms with Crippen LogP contribution in [0.4, 0.5) is 26.3 Å². The highest BCUT2D eigenvalue weighted by Crippen LogP contribution is 2.40. The standard InChI is InChI=1S/C15H8F6O3/c16-14(17,18)10(15(19,20)21)6-5-9-11(22)7-3-1-2-4-8(7)12(23)13(9)24/h1-6,10,22H. The number of halogens is 6. The number of ketones is 2. The Kier molecular flexibility index (Phi) is 4.30. The summed E-state index contributed by atoms with van der Waals surface area (Å²) in [6.45, 7) is 0. The maximum absolute atomic E-state index is 12.5. The predicted molar refractivity (Wildman–Crippen MR) is 70.1 cm³/mol. The largest absolute Gasteiger partial charge is 0.507 e. The van der Waals surface area contributed by atoms with Crippen LogP contribution in [0.15, 0.2) is 42.0 Å². The lowest BCUT2D eigenvalue weighted by atomic mass is 9.88. The summed E-state index contributed by atoms with van der Waals surface area (Å²) in [5.74, 6) is -7.19. The average Bonchev–Trinajstić information content (AvgIpc) is 2.46. The monoisotopic (exact) mass is 350 g/mol. The van der Waals surface area contributed by atoms with Crippen LogP contribution in [0, 0.1) is 5.92 Å². The minimum Gasteiger partial charge on any atom is -0.507 e. The van der Waals surface area contributed by atoms with Crippen molar-refractivity contribution in [2.45, 2.75) is 12.4 Å². The van der Waals surface area contributed by atoms with Crippen LogP contribution in [0.5, 0.6) is 0 Å². The van der Waals surface area contributed by atoms with Crippen LogP contribution in [0.1, 0.15) is 15.9 Å². The zero-order chi connectivity index (χ0) is 18.3. The normalized spacial score (nSPS) is 16.3. The highest BCUT2D eigenvalue weighted by atomic mass is 19.4. The topological polar surface area (TPSA) is 54.4 Å². The summed E-state index contributed by atoms with van der Waals surface area (Å²) >= 11 is 0. The van der Waals surface area contributed by atoms with Crippen LogP contribution in [0.3, 0.4) is 0 Å². The molecule has 9 heteroatoms. The molecular formula is C15H8F6O3. The third kappa shape index (κ3) is 3.19. The molecule has 2 rings (SSSR count). The van der Waals surface area contributed by atoms with Gasteiger partial charge in [-0.2, -0.15) is 26.3 Å². The van der Waals surface area contributed by atoms with Gasteiger partial charge >= 0.3 is 12.4 Å². The van der Waals surface area contributed by atoms with Gasteiger partial charge in [-0.3, -0.25) is 9.59 Å². The molecule has 0 unspecified atom stereocenters. The molecule has 0 amide bonds. The Hall–Kier alpha value is -2.58. The van der Waals surface area contributed by atoms with E-state index in [9.17, 15) is 41.0 Å². The van der Waals surface area contributed by atoms with E-state index in [1.807, 2.05) is 0 Å². The van der Waals surface area contributed by atoms with E-state index in [1.54, 1.807) is 0 Å². The number of carbonyl (C=O) groups excluding carboxylic acids is 2. The second-order valence-electron chi connectivity index (χ2n) is 4.89. The zero-order valence-electron chi connectivity index (χ0n) is 11.6. The molecule has 0 radical (unpaired) electrons. The number of Topliss-reactive ketones (excluding diaryl/α,β-unsaturated/α-hetero) is 2. The quantitative estimate of drug-likeness (QED) is 0.648. The molecule has 1 aliphatic carbocycles. The zero-order valence-corrected chi connectivity index (χ0v) is 11.6. The van der Waals surface area contributed by atoms with E-state index in [-0.39, 0.29) is 23.3 Å². The summed E-state index contributed by atoms with van der Waals surface area (Å²) in [4.78, 5) is 23.7. The first-order valence-corrected chi connectivity index (χ1v) is 6.38. The number of alkyl halides is 6. The molecule has 0 heterocycles. The Morgan fingerprint density at radius 3 is 1.88 bits per heavy atom. The molecule has 1 aliphatic rings. The van der Waals surface area contributed by atoms with E-state index in [0.29, 0.717) is 0 Å². The molecule has 24 heavy (non-hydrogen) atoms. The maximum Gasteiger partial charge on any atom is 0.403 e. The SMILES string of the molecule is O=C1C(=O)c2ccccc2C(O)=C1C=CC(C(F)(F)F)C(F)(F)F. The van der Waals surface area contributed by atoms with Crippen molar-refractivity contribution in [3.05, 3.63) is 53.1 Å². The Balaban J connectivity index is 2.52. The molecule has 0 saturated heterocycles. The van der Waals surface area contributed by atoms with Crippen molar-refractivity contribution in [3.8, 4) is 0 Å². The summed E-state index contributed by atoms with van der Waals surface area (Å²) in [5, 5.41) is 9.92. The predicted octanol–water partition coefficient (Wildman–Crippen LogP) is 4.02. The second kappa shape index (κ2) is 5.81. The maximum atomic E-state index is 12.5. The number of rotatable bonds is 2. The molecule has 128 valence electrons. The van der Waals surface area contributed by atoms with Gasteiger partial charge in [0.2, 0.25) is 11.6 Å². The Bertz CT molecular complexity index is 741. The van der Waals surface area contributed by atoms with Crippen LogP contribution in [-0.4, -0.2) is 29.0 Å². The first-order chi connectivity index (χ1) is 10.9. The van der Waals surface area contributed by atoms with Crippen molar-refractivity contribution in [2.24, 2.45) is 5.92 Å². The number of fused-ring (bicyclic) bond motifs is 1. The van der Waals surface area contributed by atoms with Gasteiger partial charge < -0.3 is 5.11 Å². The first kappa shape index (κ1) is 17.8. The average molecular weight is 350 g/mol. The highest BCUT2D eigenvalue weighted by molar-refractivity contribution is 6.52. The van der Waals surface area contributed by atoms with Crippen LogP contribution in [-0.2, 0) is 4.79 Å². The van der Waals surface area contributed by atoms with Gasteiger partial charge in [0, 0.05) is 11.1 Å². The van der Waals surface area contributed by atoms with Gasteiger partial charge in [0.15, 0.2) is 5.92 Å². The van der Waals surface area contributed by atoms with Gasteiger partial charge in [0.1, 0.15) is 5.76 Å². The summed E-state index contributed by atoms with van der Waals surface area (Å²) in [6, 6.07) is 5.20. The summed E-state index contributed by atoms with van der Waals surface area (Å²) < 4.78 is 74.9. The lowest BCUT2D eigenvalue weighted by Crippen LogP contribution is -2.35. The minimum atomic E-state index is -5.63. The van der Waals surface area contributed by atoms with Crippen molar-refractivity contribution in [3.63, 3.8) is 0 Å². The molecule has 0 atom stereocenters. The third-order valence-electron chi connectivity index (χ3n) is 3.29. The molecule has 1 N–H and O–H groups in total. The Morgan fingerprint density at radius 2 is 1.38 bits per heavy atom. The molecule has 0 aliphatic heterocycles. The number of aliphatic hydroxyl groups excluding tert-OH is 1. The van der Waals surface area contributed by atoms with E-state index in [0.717, 1.165) is 0 Å². The molecule has 1 aromatic rings. The molecule has 3 nitrogen and oxygen atoms in total. The van der Waals surface area contributed by atoms with Crippen LogP contribution < -0.4 is 0 Å². The van der Waals surface area contributed by atoms with Gasteiger partial charge in [-0.05, 0) is 0 Å². The van der Waals surface area contributed by atoms with Crippen molar-refractivity contribution in [1.82, 2.24) is 0 Å². The van der Waals surface area contributed by atoms with Crippen molar-refractivity contribution >= 4 is 17.3 Å². The minimum absolute atomic E-state index is 0.141. The third-order valence-corrected chi connectivity index (χ3v) is 3.29. The molecular weight excluding hydrogens is 342 g/mol. The molecule has 0 saturated carbocycles. The number of hydrogen-bond donors (Lipinski definition) is 1. The number of allylic oxidation sites excluding steroid dienone is 3. The molecule has 0 aromatic heterocycles. The fourth-order valence-electron chi connectivity index (χ4n) is 2.14. The van der Waals surface area contributed by atoms with E-state index in [2.05, 4.69) is 0 Å². The van der Waals surface area contributed by atoms with Crippen LogP contribution in [0.2, 0.25) is 0 Å². The molecule has 0 fully saturated rings. The number of hydrogen-bond acceptors (Lipinski definition) is 3. The van der Waals surface area contributed by atoms with Gasteiger partial charge in [-0.1, -0.05) is 36.4 Å². The molecule has 0 spiro atoms. The Morgan fingerprint density at radius 1 is 0.875 bits per heavy atom. The Labute approximate surface area is 130 Å².